The summed E-state index contributed by atoms with van der Waals surface area (Å²) in [5.41, 5.74) is 0.999. The van der Waals surface area contributed by atoms with Gasteiger partial charge in [0.25, 0.3) is 5.91 Å². The summed E-state index contributed by atoms with van der Waals surface area (Å²) in [4.78, 5) is 12.8. The molecule has 0 unspecified atom stereocenters. The van der Waals surface area contributed by atoms with Gasteiger partial charge in [-0.1, -0.05) is 45.0 Å². The molecule has 0 radical (unpaired) electrons. The van der Waals surface area contributed by atoms with Crippen molar-refractivity contribution in [2.45, 2.75) is 45.8 Å². The first kappa shape index (κ1) is 20.7. The fourth-order valence-electron chi connectivity index (χ4n) is 2.87. The molecular weight excluding hydrogens is 345 g/mol. The molecule has 0 aromatic heterocycles. The van der Waals surface area contributed by atoms with Gasteiger partial charge in [0.2, 0.25) is 0 Å². The van der Waals surface area contributed by atoms with Crippen LogP contribution in [-0.2, 0) is 4.79 Å². The van der Waals surface area contributed by atoms with Gasteiger partial charge in [0.15, 0.2) is 17.7 Å². The molecule has 0 bridgehead atoms. The predicted octanol–water partition coefficient (Wildman–Crippen LogP) is 4.90. The van der Waals surface area contributed by atoms with E-state index in [9.17, 15) is 9.18 Å². The number of para-hydroxylation sites is 1. The van der Waals surface area contributed by atoms with Gasteiger partial charge in [0.05, 0.1) is 13.2 Å². The third kappa shape index (κ3) is 5.98. The lowest BCUT2D eigenvalue weighted by Crippen LogP contribution is -2.40. The molecule has 5 heteroatoms. The Bertz CT molecular complexity index is 731. The topological polar surface area (TPSA) is 47.6 Å². The van der Waals surface area contributed by atoms with Crippen LogP contribution in [0.3, 0.4) is 0 Å². The summed E-state index contributed by atoms with van der Waals surface area (Å²) in [6.45, 7) is 6.06. The number of carbonyl (C=O) groups excluding carboxylic acids is 1. The Labute approximate surface area is 160 Å². The Morgan fingerprint density at radius 2 is 1.78 bits per heavy atom. The van der Waals surface area contributed by atoms with Crippen molar-refractivity contribution in [2.24, 2.45) is 5.92 Å². The summed E-state index contributed by atoms with van der Waals surface area (Å²) < 4.78 is 24.7. The molecule has 0 aliphatic carbocycles. The highest BCUT2D eigenvalue weighted by Crippen LogP contribution is 2.24. The smallest absolute Gasteiger partial charge is 0.261 e. The molecule has 4 nitrogen and oxygen atoms in total. The fraction of sp³-hybridized carbons (Fsp3) is 0.409. The zero-order chi connectivity index (χ0) is 19.8. The van der Waals surface area contributed by atoms with E-state index in [0.29, 0.717) is 12.3 Å². The third-order valence-corrected chi connectivity index (χ3v) is 4.31. The number of nitrogens with one attached hydrogen (secondary N) is 1. The molecule has 146 valence electrons. The molecule has 0 heterocycles. The molecular formula is C22H28FNO3. The van der Waals surface area contributed by atoms with Crippen LogP contribution in [0.25, 0.3) is 0 Å². The number of ether oxygens (including phenoxy) is 2. The lowest BCUT2D eigenvalue weighted by atomic mass is 9.96. The molecule has 1 amide bonds. The van der Waals surface area contributed by atoms with E-state index in [1.807, 2.05) is 31.2 Å². The van der Waals surface area contributed by atoms with Gasteiger partial charge < -0.3 is 14.8 Å². The average Bonchev–Trinajstić information content (AvgIpc) is 2.66. The molecule has 27 heavy (non-hydrogen) atoms. The number of amides is 1. The van der Waals surface area contributed by atoms with Crippen LogP contribution in [0.1, 0.15) is 45.2 Å². The quantitative estimate of drug-likeness (QED) is 0.680. The molecule has 2 atom stereocenters. The summed E-state index contributed by atoms with van der Waals surface area (Å²) in [7, 11) is 1.62. The van der Waals surface area contributed by atoms with Crippen LogP contribution in [0, 0.1) is 11.7 Å². The second kappa shape index (κ2) is 9.95. The first-order valence-corrected chi connectivity index (χ1v) is 9.30. The van der Waals surface area contributed by atoms with Gasteiger partial charge in [-0.05, 0) is 48.6 Å². The van der Waals surface area contributed by atoms with Gasteiger partial charge in [-0.2, -0.15) is 0 Å². The van der Waals surface area contributed by atoms with E-state index in [2.05, 4.69) is 19.2 Å². The number of hydrogen-bond acceptors (Lipinski definition) is 3. The molecule has 0 aliphatic heterocycles. The molecule has 2 aromatic rings. The zero-order valence-electron chi connectivity index (χ0n) is 16.4. The number of methoxy groups -OCH3 is 1. The molecule has 0 aliphatic rings. The van der Waals surface area contributed by atoms with Crippen molar-refractivity contribution in [2.75, 3.05) is 7.11 Å². The van der Waals surface area contributed by atoms with Crippen LogP contribution in [-0.4, -0.2) is 19.1 Å². The van der Waals surface area contributed by atoms with Crippen molar-refractivity contribution in [3.63, 3.8) is 0 Å². The Morgan fingerprint density at radius 1 is 1.11 bits per heavy atom. The summed E-state index contributed by atoms with van der Waals surface area (Å²) >= 11 is 0. The first-order valence-electron chi connectivity index (χ1n) is 9.30. The van der Waals surface area contributed by atoms with Crippen molar-refractivity contribution in [1.29, 1.82) is 0 Å². The van der Waals surface area contributed by atoms with Crippen molar-refractivity contribution in [1.82, 2.24) is 5.32 Å². The van der Waals surface area contributed by atoms with E-state index < -0.39 is 11.9 Å². The maximum atomic E-state index is 13.9. The molecule has 2 rings (SSSR count). The highest BCUT2D eigenvalue weighted by Gasteiger charge is 2.24. The van der Waals surface area contributed by atoms with E-state index in [1.54, 1.807) is 19.2 Å². The summed E-state index contributed by atoms with van der Waals surface area (Å²) in [6.07, 6.45) is 0.473. The Balaban J connectivity index is 2.13. The highest BCUT2D eigenvalue weighted by molar-refractivity contribution is 5.81. The Kier molecular flexibility index (Phi) is 7.65. The van der Waals surface area contributed by atoms with Gasteiger partial charge >= 0.3 is 0 Å². The zero-order valence-corrected chi connectivity index (χ0v) is 16.4. The predicted molar refractivity (Wildman–Crippen MR) is 104 cm³/mol. The Hall–Kier alpha value is -2.56. The van der Waals surface area contributed by atoms with Crippen molar-refractivity contribution in [3.05, 3.63) is 59.9 Å². The summed E-state index contributed by atoms with van der Waals surface area (Å²) in [6, 6.07) is 13.6. The maximum absolute atomic E-state index is 13.9. The minimum atomic E-state index is -0.755. The van der Waals surface area contributed by atoms with Crippen LogP contribution in [0.5, 0.6) is 11.5 Å². The number of rotatable bonds is 9. The molecule has 0 fully saturated rings. The monoisotopic (exact) mass is 373 g/mol. The van der Waals surface area contributed by atoms with Crippen LogP contribution in [0.4, 0.5) is 4.39 Å². The summed E-state index contributed by atoms with van der Waals surface area (Å²) in [5, 5.41) is 3.07. The SMILES string of the molecule is CC[C@H](Oc1ccccc1F)C(=O)N[C@@H](CC(C)C)c1ccc(OC)cc1. The largest absolute Gasteiger partial charge is 0.497 e. The van der Waals surface area contributed by atoms with E-state index >= 15 is 0 Å². The van der Waals surface area contributed by atoms with E-state index in [4.69, 9.17) is 9.47 Å². The number of hydrogen-bond donors (Lipinski definition) is 1. The third-order valence-electron chi connectivity index (χ3n) is 4.31. The van der Waals surface area contributed by atoms with Crippen LogP contribution in [0.15, 0.2) is 48.5 Å². The second-order valence-corrected chi connectivity index (χ2v) is 6.91. The fourth-order valence-corrected chi connectivity index (χ4v) is 2.87. The van der Waals surface area contributed by atoms with Crippen LogP contribution < -0.4 is 14.8 Å². The Morgan fingerprint density at radius 3 is 2.33 bits per heavy atom. The lowest BCUT2D eigenvalue weighted by Gasteiger charge is -2.25. The maximum Gasteiger partial charge on any atom is 0.261 e. The average molecular weight is 373 g/mol. The normalized spacial score (nSPS) is 13.1. The first-order chi connectivity index (χ1) is 12.9. The van der Waals surface area contributed by atoms with Gasteiger partial charge in [0.1, 0.15) is 5.75 Å². The van der Waals surface area contributed by atoms with E-state index in [0.717, 1.165) is 17.7 Å². The molecule has 0 spiro atoms. The molecule has 1 N–H and O–H groups in total. The van der Waals surface area contributed by atoms with Crippen molar-refractivity contribution in [3.8, 4) is 11.5 Å². The highest BCUT2D eigenvalue weighted by atomic mass is 19.1. The molecule has 2 aromatic carbocycles. The molecule has 0 saturated heterocycles. The van der Waals surface area contributed by atoms with E-state index in [-0.39, 0.29) is 17.7 Å². The van der Waals surface area contributed by atoms with Crippen LogP contribution in [0.2, 0.25) is 0 Å². The van der Waals surface area contributed by atoms with Gasteiger partial charge in [-0.15, -0.1) is 0 Å². The van der Waals surface area contributed by atoms with Gasteiger partial charge in [-0.3, -0.25) is 4.79 Å². The van der Waals surface area contributed by atoms with E-state index in [1.165, 1.54) is 12.1 Å². The lowest BCUT2D eigenvalue weighted by molar-refractivity contribution is -0.129. The van der Waals surface area contributed by atoms with Crippen molar-refractivity contribution >= 4 is 5.91 Å². The summed E-state index contributed by atoms with van der Waals surface area (Å²) in [5.74, 6) is 0.525. The number of halogens is 1. The number of benzene rings is 2. The van der Waals surface area contributed by atoms with Crippen molar-refractivity contribution < 1.29 is 18.7 Å². The standard InChI is InChI=1S/C22H28FNO3/c1-5-20(27-21-9-7-6-8-18(21)23)22(25)24-19(14-15(2)3)16-10-12-17(26-4)13-11-16/h6-13,15,19-20H,5,14H2,1-4H3,(H,24,25)/t19-,20-/m0/s1. The number of carbonyl (C=O) groups is 1. The second-order valence-electron chi connectivity index (χ2n) is 6.91. The van der Waals surface area contributed by atoms with Gasteiger partial charge in [-0.25, -0.2) is 4.39 Å². The van der Waals surface area contributed by atoms with Gasteiger partial charge in [0, 0.05) is 0 Å². The minimum absolute atomic E-state index is 0.0874. The minimum Gasteiger partial charge on any atom is -0.497 e. The molecule has 0 saturated carbocycles. The van der Waals surface area contributed by atoms with Crippen LogP contribution >= 0.6 is 0 Å².